The van der Waals surface area contributed by atoms with Gasteiger partial charge in [0.25, 0.3) is 0 Å². The second-order valence-electron chi connectivity index (χ2n) is 13.0. The first-order valence-electron chi connectivity index (χ1n) is 19.2. The minimum atomic E-state index is -0.861. The maximum absolute atomic E-state index is 12.3. The molecule has 0 saturated carbocycles. The molecule has 0 fully saturated rings. The summed E-state index contributed by atoms with van der Waals surface area (Å²) in [6.07, 6.45) is 46.6. The van der Waals surface area contributed by atoms with Gasteiger partial charge in [0.2, 0.25) is 5.91 Å². The molecule has 0 aromatic heterocycles. The molecule has 0 saturated heterocycles. The molecule has 3 N–H and O–H groups in total. The molecule has 0 aromatic carbocycles. The Hall–Kier alpha value is -1.39. The van der Waals surface area contributed by atoms with Crippen molar-refractivity contribution in [2.45, 2.75) is 206 Å². The van der Waals surface area contributed by atoms with Gasteiger partial charge in [-0.25, -0.2) is 0 Å². The van der Waals surface area contributed by atoms with Crippen molar-refractivity contribution in [1.82, 2.24) is 5.32 Å². The number of hydrogen-bond acceptors (Lipinski definition) is 3. The molecule has 0 heterocycles. The Kier molecular flexibility index (Phi) is 34.9. The van der Waals surface area contributed by atoms with Gasteiger partial charge in [-0.15, -0.1) is 0 Å². The summed E-state index contributed by atoms with van der Waals surface area (Å²) in [5, 5.41) is 22.9. The van der Waals surface area contributed by atoms with E-state index in [4.69, 9.17) is 0 Å². The quantitative estimate of drug-likeness (QED) is 0.0497. The Labute approximate surface area is 274 Å². The van der Waals surface area contributed by atoms with Gasteiger partial charge in [-0.05, 0) is 57.8 Å². The Morgan fingerprint density at radius 3 is 1.32 bits per heavy atom. The smallest absolute Gasteiger partial charge is 0.220 e. The van der Waals surface area contributed by atoms with E-state index in [9.17, 15) is 15.0 Å². The molecule has 44 heavy (non-hydrogen) atoms. The predicted octanol–water partition coefficient (Wildman–Crippen LogP) is 11.5. The fraction of sp³-hybridized carbons (Fsp3) is 0.825. The van der Waals surface area contributed by atoms with Gasteiger partial charge in [0.05, 0.1) is 18.8 Å². The molecule has 0 aliphatic heterocycles. The number of aliphatic hydroxyl groups is 2. The minimum absolute atomic E-state index is 0.0800. The lowest BCUT2D eigenvalue weighted by atomic mass is 10.1. The van der Waals surface area contributed by atoms with Crippen molar-refractivity contribution in [3.05, 3.63) is 36.5 Å². The van der Waals surface area contributed by atoms with Gasteiger partial charge in [-0.2, -0.15) is 0 Å². The number of unbranched alkanes of at least 4 members (excludes halogenated alkanes) is 23. The molecule has 258 valence electrons. The maximum atomic E-state index is 12.3. The molecule has 0 aliphatic carbocycles. The standard InChI is InChI=1S/C40H75NO3/c1-3-5-7-9-11-13-15-17-18-19-20-21-22-24-26-28-30-32-34-36-40(44)41-38(37-42)39(43)35-33-31-29-27-25-23-16-14-12-10-8-6-4-2/h19-20,25,27,33,35,38-39,42-43H,3-18,21-24,26,28-32,34,36-37H2,1-2H3,(H,41,44)/b20-19-,27-25+,35-33+. The topological polar surface area (TPSA) is 69.6 Å². The van der Waals surface area contributed by atoms with Crippen LogP contribution in [0.25, 0.3) is 0 Å². The molecule has 4 heteroatoms. The van der Waals surface area contributed by atoms with Gasteiger partial charge in [0.1, 0.15) is 0 Å². The molecule has 0 radical (unpaired) electrons. The summed E-state index contributed by atoms with van der Waals surface area (Å²) in [4.78, 5) is 12.3. The number of rotatable bonds is 34. The molecule has 4 nitrogen and oxygen atoms in total. The summed E-state index contributed by atoms with van der Waals surface area (Å²) in [6.45, 7) is 4.27. The van der Waals surface area contributed by atoms with Crippen LogP contribution in [-0.4, -0.2) is 34.9 Å². The van der Waals surface area contributed by atoms with Gasteiger partial charge in [0, 0.05) is 6.42 Å². The van der Waals surface area contributed by atoms with Crippen LogP contribution in [0.4, 0.5) is 0 Å². The van der Waals surface area contributed by atoms with E-state index in [1.165, 1.54) is 141 Å². The molecular weight excluding hydrogens is 542 g/mol. The highest BCUT2D eigenvalue weighted by Crippen LogP contribution is 2.13. The average molecular weight is 618 g/mol. The van der Waals surface area contributed by atoms with E-state index >= 15 is 0 Å². The van der Waals surface area contributed by atoms with Crippen molar-refractivity contribution in [1.29, 1.82) is 0 Å². The third kappa shape index (κ3) is 32.0. The van der Waals surface area contributed by atoms with Crippen LogP contribution in [-0.2, 0) is 4.79 Å². The van der Waals surface area contributed by atoms with Crippen LogP contribution in [0.5, 0.6) is 0 Å². The second-order valence-corrected chi connectivity index (χ2v) is 13.0. The zero-order chi connectivity index (χ0) is 32.2. The third-order valence-corrected chi connectivity index (χ3v) is 8.60. The van der Waals surface area contributed by atoms with Crippen molar-refractivity contribution in [3.8, 4) is 0 Å². The molecule has 0 aliphatic rings. The molecule has 2 unspecified atom stereocenters. The first-order valence-corrected chi connectivity index (χ1v) is 19.2. The number of carbonyl (C=O) groups excluding carboxylic acids is 1. The van der Waals surface area contributed by atoms with E-state index in [2.05, 4.69) is 43.5 Å². The first kappa shape index (κ1) is 42.6. The van der Waals surface area contributed by atoms with E-state index in [-0.39, 0.29) is 12.5 Å². The molecule has 0 spiro atoms. The van der Waals surface area contributed by atoms with E-state index in [0.717, 1.165) is 32.1 Å². The average Bonchev–Trinajstić information content (AvgIpc) is 3.03. The van der Waals surface area contributed by atoms with Crippen molar-refractivity contribution in [2.75, 3.05) is 6.61 Å². The predicted molar refractivity (Wildman–Crippen MR) is 193 cm³/mol. The summed E-state index contributed by atoms with van der Waals surface area (Å²) in [6, 6.07) is -0.638. The fourth-order valence-corrected chi connectivity index (χ4v) is 5.60. The summed E-state index contributed by atoms with van der Waals surface area (Å²) >= 11 is 0. The van der Waals surface area contributed by atoms with Crippen LogP contribution in [0.3, 0.4) is 0 Å². The van der Waals surface area contributed by atoms with Gasteiger partial charge in [-0.3, -0.25) is 4.79 Å². The molecular formula is C40H75NO3. The lowest BCUT2D eigenvalue weighted by molar-refractivity contribution is -0.123. The number of aliphatic hydroxyl groups excluding tert-OH is 2. The van der Waals surface area contributed by atoms with Crippen molar-refractivity contribution in [3.63, 3.8) is 0 Å². The SMILES string of the molecule is CCCCCCCCC/C=C/CC/C=C/C(O)C(CO)NC(=O)CCCCCCCCC/C=C\CCCCCCCCCC. The molecule has 1 amide bonds. The largest absolute Gasteiger partial charge is 0.394 e. The van der Waals surface area contributed by atoms with Gasteiger partial charge in [0.15, 0.2) is 0 Å². The van der Waals surface area contributed by atoms with Gasteiger partial charge >= 0.3 is 0 Å². The van der Waals surface area contributed by atoms with Crippen LogP contribution in [0.2, 0.25) is 0 Å². The Morgan fingerprint density at radius 2 is 0.886 bits per heavy atom. The zero-order valence-corrected chi connectivity index (χ0v) is 29.4. The van der Waals surface area contributed by atoms with Gasteiger partial charge in [-0.1, -0.05) is 166 Å². The van der Waals surface area contributed by atoms with E-state index in [1.54, 1.807) is 6.08 Å². The van der Waals surface area contributed by atoms with Crippen LogP contribution in [0.1, 0.15) is 194 Å². The van der Waals surface area contributed by atoms with Crippen molar-refractivity contribution >= 4 is 5.91 Å². The molecule has 2 atom stereocenters. The monoisotopic (exact) mass is 618 g/mol. The Bertz CT molecular complexity index is 672. The maximum Gasteiger partial charge on any atom is 0.220 e. The van der Waals surface area contributed by atoms with E-state index in [1.807, 2.05) is 6.08 Å². The molecule has 0 bridgehead atoms. The van der Waals surface area contributed by atoms with Crippen LogP contribution in [0, 0.1) is 0 Å². The Balaban J connectivity index is 3.64. The lowest BCUT2D eigenvalue weighted by Crippen LogP contribution is -2.45. The minimum Gasteiger partial charge on any atom is -0.394 e. The number of allylic oxidation sites excluding steroid dienone is 5. The van der Waals surface area contributed by atoms with E-state index < -0.39 is 12.1 Å². The Morgan fingerprint density at radius 1 is 0.523 bits per heavy atom. The normalized spacial score (nSPS) is 13.5. The van der Waals surface area contributed by atoms with Crippen LogP contribution < -0.4 is 5.32 Å². The second kappa shape index (κ2) is 36.1. The number of amides is 1. The van der Waals surface area contributed by atoms with Gasteiger partial charge < -0.3 is 15.5 Å². The van der Waals surface area contributed by atoms with Crippen LogP contribution >= 0.6 is 0 Å². The molecule has 0 rings (SSSR count). The summed E-state index contributed by atoms with van der Waals surface area (Å²) in [7, 11) is 0. The highest BCUT2D eigenvalue weighted by Gasteiger charge is 2.17. The fourth-order valence-electron chi connectivity index (χ4n) is 5.60. The molecule has 0 aromatic rings. The summed E-state index contributed by atoms with van der Waals surface area (Å²) in [5.74, 6) is -0.0800. The van der Waals surface area contributed by atoms with E-state index in [0.29, 0.717) is 6.42 Å². The third-order valence-electron chi connectivity index (χ3n) is 8.60. The highest BCUT2D eigenvalue weighted by atomic mass is 16.3. The number of carbonyl (C=O) groups is 1. The zero-order valence-electron chi connectivity index (χ0n) is 29.4. The summed E-state index contributed by atoms with van der Waals surface area (Å²) in [5.41, 5.74) is 0. The lowest BCUT2D eigenvalue weighted by Gasteiger charge is -2.19. The van der Waals surface area contributed by atoms with Crippen LogP contribution in [0.15, 0.2) is 36.5 Å². The highest BCUT2D eigenvalue weighted by molar-refractivity contribution is 5.76. The summed E-state index contributed by atoms with van der Waals surface area (Å²) < 4.78 is 0. The number of nitrogens with one attached hydrogen (secondary N) is 1. The number of hydrogen-bond donors (Lipinski definition) is 3. The van der Waals surface area contributed by atoms with Crippen molar-refractivity contribution < 1.29 is 15.0 Å². The van der Waals surface area contributed by atoms with Crippen molar-refractivity contribution in [2.24, 2.45) is 0 Å². The first-order chi connectivity index (χ1) is 21.7.